The lowest BCUT2D eigenvalue weighted by Crippen LogP contribution is -2.05. The van der Waals surface area contributed by atoms with E-state index in [2.05, 4.69) is 15.3 Å². The first kappa shape index (κ1) is 12.9. The van der Waals surface area contributed by atoms with Crippen LogP contribution in [0.5, 0.6) is 5.75 Å². The van der Waals surface area contributed by atoms with Crippen LogP contribution >= 0.6 is 11.6 Å². The van der Waals surface area contributed by atoms with E-state index in [9.17, 15) is 0 Å². The summed E-state index contributed by atoms with van der Waals surface area (Å²) >= 11 is 6.06. The normalized spacial score (nSPS) is 10.7. The molecule has 4 nitrogen and oxygen atoms in total. The molecule has 18 heavy (non-hydrogen) atoms. The molecule has 0 spiro atoms. The molecular formula is C13H16ClN3O. The number of rotatable bonds is 4. The van der Waals surface area contributed by atoms with E-state index in [0.717, 1.165) is 28.4 Å². The number of H-pyrrole nitrogens is 1. The SMILES string of the molecule is CNCc1[nH]c(-c2ccc(OC)c(C)c2)nc1Cl. The molecule has 0 atom stereocenters. The van der Waals surface area contributed by atoms with E-state index in [1.807, 2.05) is 32.2 Å². The van der Waals surface area contributed by atoms with Crippen LogP contribution in [0.3, 0.4) is 0 Å². The second-order valence-corrected chi connectivity index (χ2v) is 4.43. The zero-order valence-electron chi connectivity index (χ0n) is 10.7. The topological polar surface area (TPSA) is 49.9 Å². The Morgan fingerprint density at radius 3 is 2.83 bits per heavy atom. The standard InChI is InChI=1S/C13H16ClN3O/c1-8-6-9(4-5-11(8)18-3)13-16-10(7-15-2)12(14)17-13/h4-6,15H,7H2,1-3H3,(H,16,17). The summed E-state index contributed by atoms with van der Waals surface area (Å²) in [6.45, 7) is 2.67. The maximum absolute atomic E-state index is 6.06. The van der Waals surface area contributed by atoms with Crippen molar-refractivity contribution in [2.75, 3.05) is 14.2 Å². The van der Waals surface area contributed by atoms with E-state index in [0.29, 0.717) is 11.7 Å². The number of aromatic nitrogens is 2. The Bertz CT molecular complexity index is 551. The highest BCUT2D eigenvalue weighted by atomic mass is 35.5. The van der Waals surface area contributed by atoms with E-state index in [1.165, 1.54) is 0 Å². The van der Waals surface area contributed by atoms with E-state index in [4.69, 9.17) is 16.3 Å². The summed E-state index contributed by atoms with van der Waals surface area (Å²) in [6.07, 6.45) is 0. The number of aryl methyl sites for hydroxylation is 1. The Kier molecular flexibility index (Phi) is 3.89. The molecular weight excluding hydrogens is 250 g/mol. The molecule has 0 radical (unpaired) electrons. The number of hydrogen-bond donors (Lipinski definition) is 2. The lowest BCUT2D eigenvalue weighted by molar-refractivity contribution is 0.412. The molecule has 0 saturated carbocycles. The van der Waals surface area contributed by atoms with Crippen LogP contribution in [0.4, 0.5) is 0 Å². The molecule has 2 rings (SSSR count). The molecule has 0 amide bonds. The molecule has 2 aromatic rings. The van der Waals surface area contributed by atoms with Crippen molar-refractivity contribution in [1.29, 1.82) is 0 Å². The Morgan fingerprint density at radius 2 is 2.22 bits per heavy atom. The maximum Gasteiger partial charge on any atom is 0.152 e. The van der Waals surface area contributed by atoms with Gasteiger partial charge in [-0.15, -0.1) is 0 Å². The highest BCUT2D eigenvalue weighted by Crippen LogP contribution is 2.26. The van der Waals surface area contributed by atoms with Crippen LogP contribution in [0.2, 0.25) is 5.15 Å². The largest absolute Gasteiger partial charge is 0.496 e. The predicted molar refractivity (Wildman–Crippen MR) is 73.1 cm³/mol. The third-order valence-electron chi connectivity index (χ3n) is 2.75. The average Bonchev–Trinajstić information content (AvgIpc) is 2.71. The van der Waals surface area contributed by atoms with E-state index >= 15 is 0 Å². The number of ether oxygens (including phenoxy) is 1. The Balaban J connectivity index is 2.36. The van der Waals surface area contributed by atoms with Crippen LogP contribution in [0.25, 0.3) is 11.4 Å². The van der Waals surface area contributed by atoms with Crippen molar-refractivity contribution >= 4 is 11.6 Å². The zero-order chi connectivity index (χ0) is 13.1. The molecule has 5 heteroatoms. The van der Waals surface area contributed by atoms with Crippen LogP contribution < -0.4 is 10.1 Å². The second kappa shape index (κ2) is 5.42. The first-order valence-corrected chi connectivity index (χ1v) is 6.07. The van der Waals surface area contributed by atoms with Crippen LogP contribution in [-0.2, 0) is 6.54 Å². The van der Waals surface area contributed by atoms with Crippen molar-refractivity contribution in [2.45, 2.75) is 13.5 Å². The number of nitrogens with one attached hydrogen (secondary N) is 2. The number of benzene rings is 1. The molecule has 0 saturated heterocycles. The fraction of sp³-hybridized carbons (Fsp3) is 0.308. The molecule has 1 aromatic carbocycles. The summed E-state index contributed by atoms with van der Waals surface area (Å²) in [5.41, 5.74) is 2.96. The maximum atomic E-state index is 6.06. The third kappa shape index (κ3) is 2.49. The van der Waals surface area contributed by atoms with Gasteiger partial charge in [-0.1, -0.05) is 11.6 Å². The van der Waals surface area contributed by atoms with Crippen LogP contribution in [0.1, 0.15) is 11.3 Å². The Morgan fingerprint density at radius 1 is 1.44 bits per heavy atom. The Hall–Kier alpha value is -1.52. The summed E-state index contributed by atoms with van der Waals surface area (Å²) in [7, 11) is 3.53. The molecule has 2 N–H and O–H groups in total. The first-order chi connectivity index (χ1) is 8.65. The van der Waals surface area contributed by atoms with Crippen molar-refractivity contribution in [2.24, 2.45) is 0 Å². The van der Waals surface area contributed by atoms with Gasteiger partial charge >= 0.3 is 0 Å². The van der Waals surface area contributed by atoms with Crippen molar-refractivity contribution in [3.05, 3.63) is 34.6 Å². The van der Waals surface area contributed by atoms with Gasteiger partial charge in [0.25, 0.3) is 0 Å². The van der Waals surface area contributed by atoms with Crippen LogP contribution in [0.15, 0.2) is 18.2 Å². The summed E-state index contributed by atoms with van der Waals surface area (Å²) < 4.78 is 5.24. The number of hydrogen-bond acceptors (Lipinski definition) is 3. The number of aromatic amines is 1. The molecule has 0 aliphatic rings. The molecule has 0 aliphatic carbocycles. The van der Waals surface area contributed by atoms with Gasteiger partial charge in [-0.05, 0) is 37.7 Å². The molecule has 0 fully saturated rings. The van der Waals surface area contributed by atoms with Gasteiger partial charge in [-0.25, -0.2) is 4.98 Å². The zero-order valence-corrected chi connectivity index (χ0v) is 11.4. The van der Waals surface area contributed by atoms with Gasteiger partial charge in [0.15, 0.2) is 5.15 Å². The van der Waals surface area contributed by atoms with Crippen molar-refractivity contribution in [1.82, 2.24) is 15.3 Å². The van der Waals surface area contributed by atoms with Crippen molar-refractivity contribution < 1.29 is 4.74 Å². The second-order valence-electron chi connectivity index (χ2n) is 4.07. The fourth-order valence-corrected chi connectivity index (χ4v) is 2.04. The summed E-state index contributed by atoms with van der Waals surface area (Å²) in [4.78, 5) is 7.54. The van der Waals surface area contributed by atoms with E-state index < -0.39 is 0 Å². The van der Waals surface area contributed by atoms with Crippen LogP contribution in [-0.4, -0.2) is 24.1 Å². The van der Waals surface area contributed by atoms with Gasteiger partial charge in [0.2, 0.25) is 0 Å². The predicted octanol–water partition coefficient (Wildman–Crippen LogP) is 2.77. The van der Waals surface area contributed by atoms with Gasteiger partial charge in [0, 0.05) is 12.1 Å². The quantitative estimate of drug-likeness (QED) is 0.894. The monoisotopic (exact) mass is 265 g/mol. The molecule has 1 heterocycles. The highest BCUT2D eigenvalue weighted by molar-refractivity contribution is 6.30. The van der Waals surface area contributed by atoms with Gasteiger partial charge < -0.3 is 15.0 Å². The van der Waals surface area contributed by atoms with Gasteiger partial charge in [0.1, 0.15) is 11.6 Å². The molecule has 0 unspecified atom stereocenters. The smallest absolute Gasteiger partial charge is 0.152 e. The number of methoxy groups -OCH3 is 1. The number of imidazole rings is 1. The lowest BCUT2D eigenvalue weighted by atomic mass is 10.1. The molecule has 0 aliphatic heterocycles. The van der Waals surface area contributed by atoms with Gasteiger partial charge in [-0.3, -0.25) is 0 Å². The summed E-state index contributed by atoms with van der Waals surface area (Å²) in [5, 5.41) is 3.55. The van der Waals surface area contributed by atoms with E-state index in [-0.39, 0.29) is 0 Å². The summed E-state index contributed by atoms with van der Waals surface area (Å²) in [5.74, 6) is 1.64. The summed E-state index contributed by atoms with van der Waals surface area (Å²) in [6, 6.07) is 5.92. The van der Waals surface area contributed by atoms with Gasteiger partial charge in [0.05, 0.1) is 12.8 Å². The Labute approximate surface area is 111 Å². The molecule has 1 aromatic heterocycles. The van der Waals surface area contributed by atoms with Gasteiger partial charge in [-0.2, -0.15) is 0 Å². The number of halogens is 1. The average molecular weight is 266 g/mol. The lowest BCUT2D eigenvalue weighted by Gasteiger charge is -2.05. The highest BCUT2D eigenvalue weighted by Gasteiger charge is 2.10. The minimum Gasteiger partial charge on any atom is -0.496 e. The van der Waals surface area contributed by atoms with Crippen molar-refractivity contribution in [3.8, 4) is 17.1 Å². The van der Waals surface area contributed by atoms with E-state index in [1.54, 1.807) is 7.11 Å². The minimum absolute atomic E-state index is 0.507. The van der Waals surface area contributed by atoms with Crippen molar-refractivity contribution in [3.63, 3.8) is 0 Å². The number of nitrogens with zero attached hydrogens (tertiary/aromatic N) is 1. The van der Waals surface area contributed by atoms with Crippen LogP contribution in [0, 0.1) is 6.92 Å². The molecule has 0 bridgehead atoms. The minimum atomic E-state index is 0.507. The first-order valence-electron chi connectivity index (χ1n) is 5.69. The third-order valence-corrected chi connectivity index (χ3v) is 3.06. The fourth-order valence-electron chi connectivity index (χ4n) is 1.84. The molecule has 96 valence electrons.